The molecule has 3 rings (SSSR count). The molecule has 0 unspecified atom stereocenters. The van der Waals surface area contributed by atoms with Crippen LogP contribution in [-0.2, 0) is 11.3 Å². The van der Waals surface area contributed by atoms with Gasteiger partial charge in [0.1, 0.15) is 4.88 Å². The number of hydrogen-bond acceptors (Lipinski definition) is 4. The first-order valence-corrected chi connectivity index (χ1v) is 7.92. The Balaban J connectivity index is 2.33. The number of aryl methyl sites for hydroxylation is 1. The quantitative estimate of drug-likeness (QED) is 0.882. The number of carbonyl (C=O) groups excluding carboxylic acids is 1. The summed E-state index contributed by atoms with van der Waals surface area (Å²) in [6, 6.07) is 5.67. The van der Waals surface area contributed by atoms with Gasteiger partial charge >= 0.3 is 0 Å². The van der Waals surface area contributed by atoms with Crippen LogP contribution in [0.15, 0.2) is 23.2 Å². The molecule has 1 amide bonds. The molecule has 0 saturated heterocycles. The lowest BCUT2D eigenvalue weighted by molar-refractivity contribution is -0.112. The predicted octanol–water partition coefficient (Wildman–Crippen LogP) is 2.06. The van der Waals surface area contributed by atoms with E-state index in [9.17, 15) is 9.90 Å². The summed E-state index contributed by atoms with van der Waals surface area (Å²) in [5.41, 5.74) is 1.50. The summed E-state index contributed by atoms with van der Waals surface area (Å²) in [5, 5.41) is 11.8. The van der Waals surface area contributed by atoms with Crippen LogP contribution in [-0.4, -0.2) is 15.6 Å². The molecule has 21 heavy (non-hydrogen) atoms. The predicted molar refractivity (Wildman–Crippen MR) is 84.6 cm³/mol. The van der Waals surface area contributed by atoms with Crippen molar-refractivity contribution in [1.82, 2.24) is 4.57 Å². The lowest BCUT2D eigenvalue weighted by atomic mass is 10.1. The fraction of sp³-hybridized carbons (Fsp3) is 0.267. The van der Waals surface area contributed by atoms with Crippen LogP contribution >= 0.6 is 23.6 Å². The van der Waals surface area contributed by atoms with Gasteiger partial charge in [0, 0.05) is 11.8 Å². The van der Waals surface area contributed by atoms with Crippen LogP contribution in [0.1, 0.15) is 23.8 Å². The number of carbonyl (C=O) groups is 1. The smallest absolute Gasteiger partial charge is 0.279 e. The number of fused-ring (bicyclic) bond motifs is 1. The molecule has 108 valence electrons. The molecule has 1 aliphatic rings. The Labute approximate surface area is 130 Å². The van der Waals surface area contributed by atoms with Crippen LogP contribution in [0.4, 0.5) is 0 Å². The van der Waals surface area contributed by atoms with E-state index < -0.39 is 0 Å². The van der Waals surface area contributed by atoms with Crippen LogP contribution in [0, 0.1) is 10.9 Å². The van der Waals surface area contributed by atoms with Gasteiger partial charge < -0.3 is 5.11 Å². The van der Waals surface area contributed by atoms with Crippen molar-refractivity contribution in [2.45, 2.75) is 26.8 Å². The molecule has 1 aromatic carbocycles. The third kappa shape index (κ3) is 2.24. The third-order valence-electron chi connectivity index (χ3n) is 3.40. The fourth-order valence-corrected chi connectivity index (χ4v) is 3.82. The number of hydrogen-bond donors (Lipinski definition) is 1. The van der Waals surface area contributed by atoms with Gasteiger partial charge in [-0.1, -0.05) is 18.6 Å². The van der Waals surface area contributed by atoms with Gasteiger partial charge in [-0.15, -0.1) is 11.3 Å². The topological polar surface area (TPSA) is 54.6 Å². The molecule has 0 atom stereocenters. The Kier molecular flexibility index (Phi) is 3.51. The second-order valence-corrected chi connectivity index (χ2v) is 6.63. The summed E-state index contributed by atoms with van der Waals surface area (Å²) in [5.74, 6) is -0.245. The maximum absolute atomic E-state index is 12.2. The van der Waals surface area contributed by atoms with Gasteiger partial charge in [0.15, 0.2) is 3.95 Å². The molecular weight excluding hydrogens is 304 g/mol. The molecular formula is C15H14N2O2S2. The highest BCUT2D eigenvalue weighted by atomic mass is 32.1. The highest BCUT2D eigenvalue weighted by Crippen LogP contribution is 2.32. The van der Waals surface area contributed by atoms with E-state index in [1.54, 1.807) is 4.57 Å². The zero-order chi connectivity index (χ0) is 15.1. The largest absolute Gasteiger partial charge is 0.493 e. The van der Waals surface area contributed by atoms with Crippen molar-refractivity contribution in [3.63, 3.8) is 0 Å². The molecule has 1 aromatic heterocycles. The van der Waals surface area contributed by atoms with Crippen LogP contribution < -0.4 is 10.6 Å². The Morgan fingerprint density at radius 1 is 1.43 bits per heavy atom. The summed E-state index contributed by atoms with van der Waals surface area (Å²) < 4.78 is 2.24. The van der Waals surface area contributed by atoms with Crippen molar-refractivity contribution < 1.29 is 9.90 Å². The van der Waals surface area contributed by atoms with Crippen molar-refractivity contribution in [3.05, 3.63) is 43.2 Å². The third-order valence-corrected chi connectivity index (χ3v) is 4.86. The average molecular weight is 318 g/mol. The average Bonchev–Trinajstić information content (AvgIpc) is 2.89. The van der Waals surface area contributed by atoms with Crippen LogP contribution in [0.2, 0.25) is 0 Å². The van der Waals surface area contributed by atoms with E-state index in [4.69, 9.17) is 12.2 Å². The zero-order valence-electron chi connectivity index (χ0n) is 11.7. The summed E-state index contributed by atoms with van der Waals surface area (Å²) in [6.07, 6.45) is 0.862. The molecule has 1 aliphatic heterocycles. The Hall–Kier alpha value is -1.79. The minimum Gasteiger partial charge on any atom is -0.493 e. The molecule has 0 bridgehead atoms. The number of nitrogens with zero attached hydrogens (tertiary/aromatic N) is 2. The van der Waals surface area contributed by atoms with Gasteiger partial charge in [0.2, 0.25) is 5.88 Å². The molecule has 0 radical (unpaired) electrons. The highest BCUT2D eigenvalue weighted by Gasteiger charge is 2.24. The summed E-state index contributed by atoms with van der Waals surface area (Å²) in [6.45, 7) is 4.62. The van der Waals surface area contributed by atoms with Gasteiger partial charge in [-0.2, -0.15) is 0 Å². The molecule has 0 spiro atoms. The minimum atomic E-state index is -0.314. The SMILES string of the molecule is CCCn1c(O)c(C2=c3cc(C)ccc3=NC2=O)sc1=S. The first-order valence-electron chi connectivity index (χ1n) is 6.70. The second-order valence-electron chi connectivity index (χ2n) is 4.98. The van der Waals surface area contributed by atoms with E-state index in [-0.39, 0.29) is 11.8 Å². The number of benzene rings is 1. The minimum absolute atomic E-state index is 0.0692. The molecule has 0 saturated carbocycles. The van der Waals surface area contributed by atoms with Crippen molar-refractivity contribution in [2.75, 3.05) is 0 Å². The number of rotatable bonds is 3. The number of aromatic hydroxyl groups is 1. The van der Waals surface area contributed by atoms with E-state index in [0.717, 1.165) is 17.2 Å². The lowest BCUT2D eigenvalue weighted by Crippen LogP contribution is -2.23. The van der Waals surface area contributed by atoms with Gasteiger partial charge in [0.05, 0.1) is 10.9 Å². The summed E-state index contributed by atoms with van der Waals surface area (Å²) in [7, 11) is 0. The Morgan fingerprint density at radius 3 is 2.90 bits per heavy atom. The highest BCUT2D eigenvalue weighted by molar-refractivity contribution is 7.73. The van der Waals surface area contributed by atoms with Crippen molar-refractivity contribution in [2.24, 2.45) is 4.99 Å². The number of thiazole rings is 1. The van der Waals surface area contributed by atoms with Gasteiger partial charge in [-0.05, 0) is 37.7 Å². The van der Waals surface area contributed by atoms with Gasteiger partial charge in [-0.3, -0.25) is 9.36 Å². The molecule has 2 heterocycles. The Morgan fingerprint density at radius 2 is 2.19 bits per heavy atom. The van der Waals surface area contributed by atoms with Gasteiger partial charge in [-0.25, -0.2) is 4.99 Å². The maximum atomic E-state index is 12.2. The fourth-order valence-electron chi connectivity index (χ4n) is 2.43. The van der Waals surface area contributed by atoms with E-state index in [2.05, 4.69) is 4.99 Å². The van der Waals surface area contributed by atoms with E-state index >= 15 is 0 Å². The van der Waals surface area contributed by atoms with Crippen molar-refractivity contribution in [3.8, 4) is 5.88 Å². The first kappa shape index (κ1) is 14.2. The van der Waals surface area contributed by atoms with Gasteiger partial charge in [0.25, 0.3) is 5.91 Å². The normalized spacial score (nSPS) is 13.4. The zero-order valence-corrected chi connectivity index (χ0v) is 13.3. The van der Waals surface area contributed by atoms with E-state index in [1.807, 2.05) is 32.0 Å². The number of amides is 1. The van der Waals surface area contributed by atoms with Crippen LogP contribution in [0.25, 0.3) is 5.57 Å². The molecule has 0 fully saturated rings. The molecule has 4 nitrogen and oxygen atoms in total. The second kappa shape index (κ2) is 5.20. The molecule has 2 aromatic rings. The van der Waals surface area contributed by atoms with Crippen LogP contribution in [0.3, 0.4) is 0 Å². The number of aromatic nitrogens is 1. The van der Waals surface area contributed by atoms with Crippen LogP contribution in [0.5, 0.6) is 5.88 Å². The molecule has 1 N–H and O–H groups in total. The Bertz CT molecular complexity index is 922. The molecule has 6 heteroatoms. The summed E-state index contributed by atoms with van der Waals surface area (Å²) >= 11 is 6.55. The van der Waals surface area contributed by atoms with E-state index in [0.29, 0.717) is 26.3 Å². The summed E-state index contributed by atoms with van der Waals surface area (Å²) in [4.78, 5) is 16.8. The van der Waals surface area contributed by atoms with Crippen molar-refractivity contribution >= 4 is 35.0 Å². The molecule has 0 aliphatic carbocycles. The monoisotopic (exact) mass is 318 g/mol. The maximum Gasteiger partial charge on any atom is 0.279 e. The first-order chi connectivity index (χ1) is 10.0. The lowest BCUT2D eigenvalue weighted by Gasteiger charge is -2.03. The standard InChI is InChI=1S/C15H14N2O2S2/c1-3-6-17-14(19)12(21-15(17)20)11-9-7-8(2)4-5-10(9)16-13(11)18/h4-5,7,19H,3,6H2,1-2H3. The van der Waals surface area contributed by atoms with Crippen molar-refractivity contribution in [1.29, 1.82) is 0 Å². The van der Waals surface area contributed by atoms with E-state index in [1.165, 1.54) is 11.3 Å².